The largest absolute Gasteiger partial charge is 0.385 e. The first kappa shape index (κ1) is 18.2. The molecule has 1 aliphatic heterocycles. The molecule has 0 bridgehead atoms. The van der Waals surface area contributed by atoms with E-state index in [2.05, 4.69) is 30.8 Å². The summed E-state index contributed by atoms with van der Waals surface area (Å²) in [6.45, 7) is 10.6. The molecule has 0 unspecified atom stereocenters. The highest BCUT2D eigenvalue weighted by Crippen LogP contribution is 2.24. The number of para-hydroxylation sites is 1. The van der Waals surface area contributed by atoms with Gasteiger partial charge in [-0.3, -0.25) is 14.3 Å². The third-order valence-electron chi connectivity index (χ3n) is 4.73. The second kappa shape index (κ2) is 7.32. The molecule has 1 fully saturated rings. The molecule has 2 aromatic rings. The maximum absolute atomic E-state index is 12.9. The van der Waals surface area contributed by atoms with Crippen LogP contribution in [0.1, 0.15) is 44.1 Å². The van der Waals surface area contributed by atoms with Crippen LogP contribution < -0.4 is 5.32 Å². The first-order chi connectivity index (χ1) is 12.4. The van der Waals surface area contributed by atoms with Gasteiger partial charge in [0.2, 0.25) is 5.91 Å². The van der Waals surface area contributed by atoms with Gasteiger partial charge in [0.05, 0.1) is 11.6 Å². The molecule has 1 N–H and O–H groups in total. The fourth-order valence-electron chi connectivity index (χ4n) is 3.62. The topological polar surface area (TPSA) is 67.2 Å². The van der Waals surface area contributed by atoms with Gasteiger partial charge < -0.3 is 10.2 Å². The summed E-state index contributed by atoms with van der Waals surface area (Å²) in [5.74, 6) is -0.0940. The van der Waals surface area contributed by atoms with E-state index in [9.17, 15) is 9.59 Å². The van der Waals surface area contributed by atoms with E-state index in [1.165, 1.54) is 6.92 Å². The van der Waals surface area contributed by atoms with Crippen molar-refractivity contribution in [2.75, 3.05) is 6.54 Å². The van der Waals surface area contributed by atoms with Crippen molar-refractivity contribution in [3.8, 4) is 0 Å². The highest BCUT2D eigenvalue weighted by molar-refractivity contribution is 6.05. The van der Waals surface area contributed by atoms with E-state index in [4.69, 9.17) is 0 Å². The second-order valence-electron chi connectivity index (χ2n) is 7.15. The number of rotatable bonds is 6. The third-order valence-corrected chi connectivity index (χ3v) is 4.73. The molecule has 3 rings (SSSR count). The SMILES string of the molecule is C=C(NC(C)C)[C@@H]1CCCN1C(=O)Cn1nc(C(C)=O)c2ccccc21. The van der Waals surface area contributed by atoms with Crippen molar-refractivity contribution >= 4 is 22.6 Å². The van der Waals surface area contributed by atoms with Crippen molar-refractivity contribution in [3.63, 3.8) is 0 Å². The zero-order valence-electron chi connectivity index (χ0n) is 15.7. The highest BCUT2D eigenvalue weighted by Gasteiger charge is 2.31. The van der Waals surface area contributed by atoms with Gasteiger partial charge >= 0.3 is 0 Å². The van der Waals surface area contributed by atoms with Gasteiger partial charge in [0.15, 0.2) is 5.78 Å². The molecule has 1 aromatic heterocycles. The maximum atomic E-state index is 12.9. The zero-order chi connectivity index (χ0) is 18.8. The number of fused-ring (bicyclic) bond motifs is 1. The summed E-state index contributed by atoms with van der Waals surface area (Å²) < 4.78 is 1.64. The van der Waals surface area contributed by atoms with E-state index in [1.54, 1.807) is 4.68 Å². The number of Topliss-reactive ketones (excluding diaryl/α,β-unsaturated/α-hetero) is 1. The van der Waals surface area contributed by atoms with Crippen LogP contribution in [0, 0.1) is 0 Å². The van der Waals surface area contributed by atoms with E-state index >= 15 is 0 Å². The Bertz CT molecular complexity index is 853. The van der Waals surface area contributed by atoms with Crippen molar-refractivity contribution in [2.24, 2.45) is 0 Å². The normalized spacial score (nSPS) is 17.1. The Labute approximate surface area is 153 Å². The van der Waals surface area contributed by atoms with Crippen molar-refractivity contribution in [1.82, 2.24) is 20.0 Å². The molecule has 2 heterocycles. The fourth-order valence-corrected chi connectivity index (χ4v) is 3.62. The first-order valence-corrected chi connectivity index (χ1v) is 9.09. The molecular weight excluding hydrogens is 328 g/mol. The smallest absolute Gasteiger partial charge is 0.244 e. The number of aromatic nitrogens is 2. The van der Waals surface area contributed by atoms with E-state index in [-0.39, 0.29) is 30.3 Å². The lowest BCUT2D eigenvalue weighted by molar-refractivity contribution is -0.132. The van der Waals surface area contributed by atoms with Gasteiger partial charge in [-0.25, -0.2) is 0 Å². The Morgan fingerprint density at radius 1 is 1.35 bits per heavy atom. The van der Waals surface area contributed by atoms with E-state index in [0.29, 0.717) is 5.69 Å². The number of carbonyl (C=O) groups excluding carboxylic acids is 2. The van der Waals surface area contributed by atoms with Crippen LogP contribution in [0.2, 0.25) is 0 Å². The molecule has 1 amide bonds. The maximum Gasteiger partial charge on any atom is 0.244 e. The molecule has 0 saturated carbocycles. The van der Waals surface area contributed by atoms with E-state index in [0.717, 1.165) is 36.0 Å². The van der Waals surface area contributed by atoms with Gasteiger partial charge in [0, 0.05) is 30.6 Å². The van der Waals surface area contributed by atoms with Gasteiger partial charge in [-0.05, 0) is 32.8 Å². The number of nitrogens with one attached hydrogen (secondary N) is 1. The number of ketones is 1. The predicted octanol–water partition coefficient (Wildman–Crippen LogP) is 2.74. The Balaban J connectivity index is 1.83. The predicted molar refractivity (Wildman–Crippen MR) is 102 cm³/mol. The van der Waals surface area contributed by atoms with Crippen LogP contribution in [0.4, 0.5) is 0 Å². The number of nitrogens with zero attached hydrogens (tertiary/aromatic N) is 3. The molecule has 6 heteroatoms. The van der Waals surface area contributed by atoms with E-state index < -0.39 is 0 Å². The van der Waals surface area contributed by atoms with Crippen molar-refractivity contribution in [3.05, 3.63) is 42.2 Å². The van der Waals surface area contributed by atoms with Crippen molar-refractivity contribution < 1.29 is 9.59 Å². The molecule has 0 spiro atoms. The summed E-state index contributed by atoms with van der Waals surface area (Å²) in [5.41, 5.74) is 2.11. The molecule has 0 aliphatic carbocycles. The monoisotopic (exact) mass is 354 g/mol. The minimum absolute atomic E-state index is 0.00237. The molecule has 1 aromatic carbocycles. The lowest BCUT2D eigenvalue weighted by atomic mass is 10.1. The summed E-state index contributed by atoms with van der Waals surface area (Å²) in [4.78, 5) is 26.7. The second-order valence-corrected chi connectivity index (χ2v) is 7.15. The first-order valence-electron chi connectivity index (χ1n) is 9.09. The van der Waals surface area contributed by atoms with Crippen LogP contribution in [-0.2, 0) is 11.3 Å². The van der Waals surface area contributed by atoms with Crippen LogP contribution >= 0.6 is 0 Å². The minimum Gasteiger partial charge on any atom is -0.385 e. The van der Waals surface area contributed by atoms with Gasteiger partial charge in [-0.15, -0.1) is 0 Å². The van der Waals surface area contributed by atoms with Crippen LogP contribution in [0.15, 0.2) is 36.5 Å². The number of hydrogen-bond donors (Lipinski definition) is 1. The Morgan fingerprint density at radius 3 is 2.77 bits per heavy atom. The molecule has 26 heavy (non-hydrogen) atoms. The summed E-state index contributed by atoms with van der Waals surface area (Å²) in [6.07, 6.45) is 1.89. The lowest BCUT2D eigenvalue weighted by Gasteiger charge is -2.28. The molecule has 1 saturated heterocycles. The van der Waals surface area contributed by atoms with Crippen LogP contribution in [0.3, 0.4) is 0 Å². The fraction of sp³-hybridized carbons (Fsp3) is 0.450. The summed E-state index contributed by atoms with van der Waals surface area (Å²) in [5, 5.41) is 8.52. The van der Waals surface area contributed by atoms with E-state index in [1.807, 2.05) is 29.2 Å². The Kier molecular flexibility index (Phi) is 5.11. The molecular formula is C20H26N4O2. The number of likely N-dealkylation sites (tertiary alicyclic amines) is 1. The summed E-state index contributed by atoms with van der Waals surface area (Å²) in [6, 6.07) is 7.82. The minimum atomic E-state index is -0.0963. The van der Waals surface area contributed by atoms with Gasteiger partial charge in [-0.1, -0.05) is 24.8 Å². The highest BCUT2D eigenvalue weighted by atomic mass is 16.2. The molecule has 138 valence electrons. The number of amides is 1. The van der Waals surface area contributed by atoms with Crippen molar-refractivity contribution in [2.45, 2.75) is 52.2 Å². The van der Waals surface area contributed by atoms with Crippen molar-refractivity contribution in [1.29, 1.82) is 0 Å². The Morgan fingerprint density at radius 2 is 2.08 bits per heavy atom. The number of carbonyl (C=O) groups is 2. The quantitative estimate of drug-likeness (QED) is 0.810. The lowest BCUT2D eigenvalue weighted by Crippen LogP contribution is -2.42. The van der Waals surface area contributed by atoms with Gasteiger partial charge in [0.25, 0.3) is 0 Å². The van der Waals surface area contributed by atoms with Gasteiger partial charge in [0.1, 0.15) is 12.2 Å². The summed E-state index contributed by atoms with van der Waals surface area (Å²) in [7, 11) is 0. The Hall–Kier alpha value is -2.63. The van der Waals surface area contributed by atoms with Gasteiger partial charge in [-0.2, -0.15) is 5.10 Å². The molecule has 0 radical (unpaired) electrons. The average Bonchev–Trinajstić information content (AvgIpc) is 3.19. The summed E-state index contributed by atoms with van der Waals surface area (Å²) >= 11 is 0. The standard InChI is InChI=1S/C20H26N4O2/c1-13(2)21-14(3)17-10-7-11-23(17)19(26)12-24-18-9-6-5-8-16(18)20(22-24)15(4)25/h5-6,8-9,13,17,21H,3,7,10-12H2,1-2,4H3/t17-/m0/s1. The van der Waals surface area contributed by atoms with Crippen LogP contribution in [-0.4, -0.2) is 45.0 Å². The number of benzene rings is 1. The van der Waals surface area contributed by atoms with Crippen LogP contribution in [0.25, 0.3) is 10.9 Å². The van der Waals surface area contributed by atoms with Crippen LogP contribution in [0.5, 0.6) is 0 Å². The third kappa shape index (κ3) is 3.49. The molecule has 1 atom stereocenters. The zero-order valence-corrected chi connectivity index (χ0v) is 15.7. The average molecular weight is 354 g/mol. The molecule has 1 aliphatic rings. The number of hydrogen-bond acceptors (Lipinski definition) is 4. The molecule has 6 nitrogen and oxygen atoms in total.